The van der Waals surface area contributed by atoms with E-state index in [1.165, 1.54) is 32.6 Å². The number of thiophene rings is 1. The molecule has 0 aromatic carbocycles. The van der Waals surface area contributed by atoms with E-state index in [9.17, 15) is 13.2 Å². The Bertz CT molecular complexity index is 719. The number of hydrogen-bond donors (Lipinski definition) is 1. The minimum Gasteiger partial charge on any atom is -0.351 e. The van der Waals surface area contributed by atoms with Crippen LogP contribution in [-0.2, 0) is 23.1 Å². The standard InChI is InChI=1S/C17H27N3O3S2/c1-19(2)25(22,23)20-9-7-13(8-10-20)11-18-17(21)16-15-6-4-3-5-14(15)12-24-16/h12-13H,3-11H2,1-2H3,(H,18,21). The van der Waals surface area contributed by atoms with E-state index in [1.807, 2.05) is 0 Å². The van der Waals surface area contributed by atoms with Crippen LogP contribution in [0, 0.1) is 5.92 Å². The molecule has 1 aliphatic carbocycles. The average molecular weight is 386 g/mol. The number of carbonyl (C=O) groups excluding carboxylic acids is 1. The van der Waals surface area contributed by atoms with Crippen LogP contribution in [0.25, 0.3) is 0 Å². The second-order valence-corrected chi connectivity index (χ2v) is 10.1. The Morgan fingerprint density at radius 2 is 1.96 bits per heavy atom. The molecule has 6 nitrogen and oxygen atoms in total. The van der Waals surface area contributed by atoms with Crippen LogP contribution in [0.5, 0.6) is 0 Å². The summed E-state index contributed by atoms with van der Waals surface area (Å²) in [4.78, 5) is 13.4. The van der Waals surface area contributed by atoms with Gasteiger partial charge in [0.2, 0.25) is 0 Å². The second kappa shape index (κ2) is 7.73. The first kappa shape index (κ1) is 18.8. The predicted molar refractivity (Wildman–Crippen MR) is 100 cm³/mol. The first-order valence-corrected chi connectivity index (χ1v) is 11.2. The van der Waals surface area contributed by atoms with E-state index in [1.54, 1.807) is 25.4 Å². The summed E-state index contributed by atoms with van der Waals surface area (Å²) < 4.78 is 27.1. The first-order valence-electron chi connectivity index (χ1n) is 8.94. The van der Waals surface area contributed by atoms with Crippen LogP contribution in [0.4, 0.5) is 0 Å². The van der Waals surface area contributed by atoms with Gasteiger partial charge in [-0.25, -0.2) is 0 Å². The fourth-order valence-electron chi connectivity index (χ4n) is 3.60. The van der Waals surface area contributed by atoms with E-state index in [0.717, 1.165) is 30.6 Å². The van der Waals surface area contributed by atoms with Crippen molar-refractivity contribution in [1.82, 2.24) is 13.9 Å². The van der Waals surface area contributed by atoms with Gasteiger partial charge in [-0.05, 0) is 60.9 Å². The quantitative estimate of drug-likeness (QED) is 0.841. The van der Waals surface area contributed by atoms with Gasteiger partial charge < -0.3 is 5.32 Å². The molecular weight excluding hydrogens is 358 g/mol. The molecule has 0 saturated carbocycles. The van der Waals surface area contributed by atoms with Gasteiger partial charge in [-0.2, -0.15) is 17.0 Å². The van der Waals surface area contributed by atoms with Crippen molar-refractivity contribution in [2.24, 2.45) is 5.92 Å². The number of piperidine rings is 1. The fourth-order valence-corrected chi connectivity index (χ4v) is 5.81. The summed E-state index contributed by atoms with van der Waals surface area (Å²) in [5, 5.41) is 5.21. The highest BCUT2D eigenvalue weighted by Gasteiger charge is 2.30. The molecule has 0 atom stereocenters. The van der Waals surface area contributed by atoms with Crippen LogP contribution in [0.1, 0.15) is 46.5 Å². The van der Waals surface area contributed by atoms with Crippen molar-refractivity contribution in [3.8, 4) is 0 Å². The maximum atomic E-state index is 12.5. The van der Waals surface area contributed by atoms with Gasteiger partial charge in [0.25, 0.3) is 16.1 Å². The molecule has 0 bridgehead atoms. The van der Waals surface area contributed by atoms with E-state index < -0.39 is 10.2 Å². The molecule has 1 aliphatic heterocycles. The molecule has 0 radical (unpaired) electrons. The van der Waals surface area contributed by atoms with Crippen molar-refractivity contribution >= 4 is 27.5 Å². The smallest absolute Gasteiger partial charge is 0.281 e. The zero-order valence-corrected chi connectivity index (χ0v) is 16.6. The molecule has 2 aliphatic rings. The lowest BCUT2D eigenvalue weighted by molar-refractivity contribution is 0.0944. The van der Waals surface area contributed by atoms with Crippen molar-refractivity contribution in [3.63, 3.8) is 0 Å². The van der Waals surface area contributed by atoms with E-state index in [-0.39, 0.29) is 5.91 Å². The second-order valence-electron chi connectivity index (χ2n) is 7.12. The SMILES string of the molecule is CN(C)S(=O)(=O)N1CCC(CNC(=O)c2scc3c2CCCC3)CC1. The average Bonchev–Trinajstić information content (AvgIpc) is 3.04. The lowest BCUT2D eigenvalue weighted by Gasteiger charge is -2.32. The summed E-state index contributed by atoms with van der Waals surface area (Å²) in [5.41, 5.74) is 2.60. The van der Waals surface area contributed by atoms with Crippen molar-refractivity contribution in [3.05, 3.63) is 21.4 Å². The van der Waals surface area contributed by atoms with E-state index >= 15 is 0 Å². The molecule has 25 heavy (non-hydrogen) atoms. The number of nitrogens with one attached hydrogen (secondary N) is 1. The van der Waals surface area contributed by atoms with Crippen LogP contribution in [-0.4, -0.2) is 56.7 Å². The van der Waals surface area contributed by atoms with Crippen molar-refractivity contribution in [2.75, 3.05) is 33.7 Å². The number of nitrogens with zero attached hydrogens (tertiary/aromatic N) is 2. The Morgan fingerprint density at radius 3 is 2.64 bits per heavy atom. The summed E-state index contributed by atoms with van der Waals surface area (Å²) in [5.74, 6) is 0.379. The number of rotatable bonds is 5. The molecule has 0 spiro atoms. The van der Waals surface area contributed by atoms with Gasteiger partial charge in [0.1, 0.15) is 0 Å². The maximum Gasteiger partial charge on any atom is 0.281 e. The number of carbonyl (C=O) groups is 1. The number of hydrogen-bond acceptors (Lipinski definition) is 4. The normalized spacial score (nSPS) is 19.8. The molecule has 1 saturated heterocycles. The predicted octanol–water partition coefficient (Wildman–Crippen LogP) is 1.88. The molecule has 1 N–H and O–H groups in total. The molecular formula is C17H27N3O3S2. The Balaban J connectivity index is 1.50. The van der Waals surface area contributed by atoms with E-state index in [2.05, 4.69) is 10.7 Å². The lowest BCUT2D eigenvalue weighted by atomic mass is 9.93. The van der Waals surface area contributed by atoms with Crippen LogP contribution in [0.3, 0.4) is 0 Å². The van der Waals surface area contributed by atoms with E-state index in [0.29, 0.717) is 25.6 Å². The third kappa shape index (κ3) is 4.07. The van der Waals surface area contributed by atoms with Crippen LogP contribution in [0.2, 0.25) is 0 Å². The largest absolute Gasteiger partial charge is 0.351 e. The summed E-state index contributed by atoms with van der Waals surface area (Å²) in [6.07, 6.45) is 6.08. The van der Waals surface area contributed by atoms with E-state index in [4.69, 9.17) is 0 Å². The van der Waals surface area contributed by atoms with Gasteiger partial charge in [0.05, 0.1) is 4.88 Å². The number of aryl methyl sites for hydroxylation is 1. The zero-order valence-electron chi connectivity index (χ0n) is 15.0. The van der Waals surface area contributed by atoms with Crippen LogP contribution in [0.15, 0.2) is 5.38 Å². The Hall–Kier alpha value is -0.960. The fraction of sp³-hybridized carbons (Fsp3) is 0.706. The molecule has 1 aromatic heterocycles. The van der Waals surface area contributed by atoms with Gasteiger partial charge in [-0.15, -0.1) is 11.3 Å². The molecule has 3 rings (SSSR count). The molecule has 1 aromatic rings. The highest BCUT2D eigenvalue weighted by Crippen LogP contribution is 2.30. The highest BCUT2D eigenvalue weighted by atomic mass is 32.2. The summed E-state index contributed by atoms with van der Waals surface area (Å²) in [6, 6.07) is 0. The molecule has 0 unspecified atom stereocenters. The van der Waals surface area contributed by atoms with Crippen molar-refractivity contribution in [2.45, 2.75) is 38.5 Å². The molecule has 1 amide bonds. The summed E-state index contributed by atoms with van der Waals surface area (Å²) in [7, 11) is -0.202. The Kier molecular flexibility index (Phi) is 5.82. The summed E-state index contributed by atoms with van der Waals surface area (Å²) >= 11 is 1.56. The van der Waals surface area contributed by atoms with Crippen molar-refractivity contribution < 1.29 is 13.2 Å². The van der Waals surface area contributed by atoms with Crippen LogP contribution < -0.4 is 5.32 Å². The maximum absolute atomic E-state index is 12.5. The van der Waals surface area contributed by atoms with Gasteiger partial charge >= 0.3 is 0 Å². The molecule has 2 heterocycles. The monoisotopic (exact) mass is 385 g/mol. The summed E-state index contributed by atoms with van der Waals surface area (Å²) in [6.45, 7) is 1.67. The van der Waals surface area contributed by atoms with Crippen LogP contribution >= 0.6 is 11.3 Å². The van der Waals surface area contributed by atoms with Gasteiger partial charge in [0.15, 0.2) is 0 Å². The minimum absolute atomic E-state index is 0.0384. The van der Waals surface area contributed by atoms with Gasteiger partial charge in [-0.1, -0.05) is 0 Å². The highest BCUT2D eigenvalue weighted by molar-refractivity contribution is 7.86. The first-order chi connectivity index (χ1) is 11.9. The van der Waals surface area contributed by atoms with Gasteiger partial charge in [0, 0.05) is 33.7 Å². The third-order valence-corrected chi connectivity index (χ3v) is 8.23. The zero-order chi connectivity index (χ0) is 18.0. The Morgan fingerprint density at radius 1 is 1.28 bits per heavy atom. The molecule has 1 fully saturated rings. The molecule has 8 heteroatoms. The topological polar surface area (TPSA) is 69.7 Å². The Labute approximate surface area is 154 Å². The number of amides is 1. The van der Waals surface area contributed by atoms with Gasteiger partial charge in [-0.3, -0.25) is 4.79 Å². The molecule has 140 valence electrons. The third-order valence-electron chi connectivity index (χ3n) is 5.22. The lowest BCUT2D eigenvalue weighted by Crippen LogP contribution is -2.45. The van der Waals surface area contributed by atoms with Crippen molar-refractivity contribution in [1.29, 1.82) is 0 Å². The number of fused-ring (bicyclic) bond motifs is 1. The minimum atomic E-state index is -3.32.